The van der Waals surface area contributed by atoms with Crippen molar-refractivity contribution in [2.45, 2.75) is 12.8 Å². The van der Waals surface area contributed by atoms with Gasteiger partial charge in [-0.05, 0) is 48.2 Å². The second-order valence-electron chi connectivity index (χ2n) is 5.97. The van der Waals surface area contributed by atoms with E-state index in [4.69, 9.17) is 14.7 Å². The van der Waals surface area contributed by atoms with Gasteiger partial charge in [0, 0.05) is 17.0 Å². The number of nitrogens with one attached hydrogen (secondary N) is 1. The Morgan fingerprint density at radius 1 is 1.16 bits per heavy atom. The van der Waals surface area contributed by atoms with E-state index in [1.807, 2.05) is 6.07 Å². The van der Waals surface area contributed by atoms with E-state index >= 15 is 0 Å². The van der Waals surface area contributed by atoms with E-state index in [2.05, 4.69) is 0 Å². The number of hydroxylamine groups is 1. The van der Waals surface area contributed by atoms with E-state index in [1.54, 1.807) is 50.0 Å². The molecule has 0 aliphatic heterocycles. The number of benzene rings is 2. The van der Waals surface area contributed by atoms with Crippen molar-refractivity contribution in [3.8, 4) is 11.5 Å². The van der Waals surface area contributed by atoms with Gasteiger partial charge in [0.05, 0.1) is 14.2 Å². The van der Waals surface area contributed by atoms with Crippen molar-refractivity contribution in [3.63, 3.8) is 0 Å². The third kappa shape index (κ3) is 3.21. The number of ether oxygens (including phenoxy) is 2. The van der Waals surface area contributed by atoms with Gasteiger partial charge in [-0.25, -0.2) is 5.48 Å². The fraction of sp³-hybridized carbons (Fsp3) is 0.263. The predicted molar refractivity (Wildman–Crippen MR) is 90.5 cm³/mol. The zero-order valence-electron chi connectivity index (χ0n) is 14.0. The summed E-state index contributed by atoms with van der Waals surface area (Å²) in [6.07, 6.45) is 1.23. The molecule has 2 aromatic carbocycles. The van der Waals surface area contributed by atoms with Gasteiger partial charge in [-0.1, -0.05) is 12.1 Å². The van der Waals surface area contributed by atoms with Gasteiger partial charge < -0.3 is 9.47 Å². The monoisotopic (exact) mass is 341 g/mol. The molecular weight excluding hydrogens is 322 g/mol. The number of methoxy groups -OCH3 is 2. The minimum Gasteiger partial charge on any atom is -0.493 e. The number of Topliss-reactive ketones (excluding diaryl/α,β-unsaturated/α-hetero) is 1. The Kier molecular flexibility index (Phi) is 4.72. The molecule has 6 heteroatoms. The van der Waals surface area contributed by atoms with Crippen LogP contribution in [0.5, 0.6) is 11.5 Å². The standard InChI is InChI=1S/C19H19NO5/c1-24-16-9-13-8-14(18(21)15(13)10-17(16)25-2)7-11-3-5-12(6-4-11)19(22)20-23/h3-6,9-10,14,23H,7-8H2,1-2H3,(H,20,22). The van der Waals surface area contributed by atoms with Gasteiger partial charge in [0.25, 0.3) is 5.91 Å². The van der Waals surface area contributed by atoms with Gasteiger partial charge in [-0.3, -0.25) is 14.8 Å². The van der Waals surface area contributed by atoms with Gasteiger partial charge in [-0.2, -0.15) is 0 Å². The fourth-order valence-corrected chi connectivity index (χ4v) is 3.20. The van der Waals surface area contributed by atoms with Crippen LogP contribution in [0, 0.1) is 5.92 Å². The lowest BCUT2D eigenvalue weighted by molar-refractivity contribution is 0.0706. The largest absolute Gasteiger partial charge is 0.493 e. The van der Waals surface area contributed by atoms with Crippen LogP contribution in [0.4, 0.5) is 0 Å². The Morgan fingerprint density at radius 3 is 2.40 bits per heavy atom. The number of carbonyl (C=O) groups excluding carboxylic acids is 2. The van der Waals surface area contributed by atoms with E-state index in [-0.39, 0.29) is 11.7 Å². The number of rotatable bonds is 5. The molecule has 1 aliphatic carbocycles. The number of hydrogen-bond acceptors (Lipinski definition) is 5. The van der Waals surface area contributed by atoms with Crippen molar-refractivity contribution in [1.82, 2.24) is 5.48 Å². The maximum absolute atomic E-state index is 12.7. The number of carbonyl (C=O) groups is 2. The Bertz CT molecular complexity index is 813. The summed E-state index contributed by atoms with van der Waals surface area (Å²) < 4.78 is 10.6. The van der Waals surface area contributed by atoms with Crippen LogP contribution >= 0.6 is 0 Å². The van der Waals surface area contributed by atoms with Crippen molar-refractivity contribution in [2.75, 3.05) is 14.2 Å². The first kappa shape index (κ1) is 17.0. The maximum atomic E-state index is 12.7. The molecule has 130 valence electrons. The average molecular weight is 341 g/mol. The summed E-state index contributed by atoms with van der Waals surface area (Å²) in [4.78, 5) is 24.0. The van der Waals surface area contributed by atoms with Crippen LogP contribution in [0.15, 0.2) is 36.4 Å². The Balaban J connectivity index is 1.79. The summed E-state index contributed by atoms with van der Waals surface area (Å²) in [5.74, 6) is 0.552. The molecule has 0 aromatic heterocycles. The van der Waals surface area contributed by atoms with Crippen molar-refractivity contribution in [1.29, 1.82) is 0 Å². The smallest absolute Gasteiger partial charge is 0.274 e. The first-order valence-corrected chi connectivity index (χ1v) is 7.89. The molecular formula is C19H19NO5. The van der Waals surface area contributed by atoms with E-state index in [0.717, 1.165) is 11.1 Å². The second-order valence-corrected chi connectivity index (χ2v) is 5.97. The molecule has 0 fully saturated rings. The van der Waals surface area contributed by atoms with Crippen molar-refractivity contribution < 1.29 is 24.3 Å². The van der Waals surface area contributed by atoms with Gasteiger partial charge in [-0.15, -0.1) is 0 Å². The minimum absolute atomic E-state index is 0.0909. The predicted octanol–water partition coefficient (Wildman–Crippen LogP) is 2.42. The van der Waals surface area contributed by atoms with Crippen molar-refractivity contribution >= 4 is 11.7 Å². The molecule has 0 saturated heterocycles. The summed E-state index contributed by atoms with van der Waals surface area (Å²) in [6, 6.07) is 10.4. The van der Waals surface area contributed by atoms with E-state index in [9.17, 15) is 9.59 Å². The molecule has 0 heterocycles. The third-order valence-electron chi connectivity index (χ3n) is 4.51. The van der Waals surface area contributed by atoms with Gasteiger partial charge in [0.2, 0.25) is 0 Å². The molecule has 0 spiro atoms. The summed E-state index contributed by atoms with van der Waals surface area (Å²) in [5.41, 5.74) is 4.56. The van der Waals surface area contributed by atoms with Crippen LogP contribution in [0.1, 0.15) is 31.8 Å². The van der Waals surface area contributed by atoms with Crippen molar-refractivity contribution in [2.24, 2.45) is 5.92 Å². The fourth-order valence-electron chi connectivity index (χ4n) is 3.20. The van der Waals surface area contributed by atoms with Crippen molar-refractivity contribution in [3.05, 3.63) is 58.7 Å². The summed E-state index contributed by atoms with van der Waals surface area (Å²) in [7, 11) is 3.12. The number of amides is 1. The van der Waals surface area contributed by atoms with Crippen LogP contribution in [-0.4, -0.2) is 31.1 Å². The summed E-state index contributed by atoms with van der Waals surface area (Å²) in [6.45, 7) is 0. The van der Waals surface area contributed by atoms with Crippen LogP contribution in [0.25, 0.3) is 0 Å². The molecule has 1 atom stereocenters. The van der Waals surface area contributed by atoms with Crippen LogP contribution in [-0.2, 0) is 12.8 Å². The molecule has 1 aliphatic rings. The molecule has 0 bridgehead atoms. The Hall–Kier alpha value is -2.86. The number of ketones is 1. The second kappa shape index (κ2) is 6.94. The molecule has 1 unspecified atom stereocenters. The Morgan fingerprint density at radius 2 is 1.80 bits per heavy atom. The molecule has 25 heavy (non-hydrogen) atoms. The molecule has 2 aromatic rings. The lowest BCUT2D eigenvalue weighted by Gasteiger charge is -2.09. The van der Waals surface area contributed by atoms with E-state index in [1.165, 1.54) is 0 Å². The Labute approximate surface area is 145 Å². The zero-order valence-corrected chi connectivity index (χ0v) is 14.0. The normalized spacial score (nSPS) is 15.6. The topological polar surface area (TPSA) is 84.9 Å². The quantitative estimate of drug-likeness (QED) is 0.644. The van der Waals surface area contributed by atoms with E-state index in [0.29, 0.717) is 35.5 Å². The molecule has 6 nitrogen and oxygen atoms in total. The average Bonchev–Trinajstić information content (AvgIpc) is 2.95. The van der Waals surface area contributed by atoms with Gasteiger partial charge in [0.15, 0.2) is 17.3 Å². The highest BCUT2D eigenvalue weighted by molar-refractivity contribution is 6.03. The number of hydrogen-bond donors (Lipinski definition) is 2. The van der Waals surface area contributed by atoms with Crippen LogP contribution in [0.2, 0.25) is 0 Å². The molecule has 1 amide bonds. The molecule has 0 saturated carbocycles. The third-order valence-corrected chi connectivity index (χ3v) is 4.51. The van der Waals surface area contributed by atoms with E-state index < -0.39 is 5.91 Å². The highest BCUT2D eigenvalue weighted by Crippen LogP contribution is 2.37. The lowest BCUT2D eigenvalue weighted by Crippen LogP contribution is -2.18. The maximum Gasteiger partial charge on any atom is 0.274 e. The van der Waals surface area contributed by atoms with Crippen LogP contribution < -0.4 is 15.0 Å². The first-order chi connectivity index (χ1) is 12.1. The molecule has 3 rings (SSSR count). The minimum atomic E-state index is -0.560. The SMILES string of the molecule is COc1cc2c(cc1OC)C(=O)C(Cc1ccc(C(=O)NO)cc1)C2. The summed E-state index contributed by atoms with van der Waals surface area (Å²) in [5, 5.41) is 8.64. The zero-order chi connectivity index (χ0) is 18.0. The van der Waals surface area contributed by atoms with Crippen LogP contribution in [0.3, 0.4) is 0 Å². The highest BCUT2D eigenvalue weighted by Gasteiger charge is 2.32. The highest BCUT2D eigenvalue weighted by atomic mass is 16.5. The molecule has 2 N–H and O–H groups in total. The lowest BCUT2D eigenvalue weighted by atomic mass is 9.95. The first-order valence-electron chi connectivity index (χ1n) is 7.89. The summed E-state index contributed by atoms with van der Waals surface area (Å²) >= 11 is 0. The van der Waals surface area contributed by atoms with Gasteiger partial charge in [0.1, 0.15) is 0 Å². The molecule has 0 radical (unpaired) electrons. The number of fused-ring (bicyclic) bond motifs is 1. The van der Waals surface area contributed by atoms with Gasteiger partial charge >= 0.3 is 0 Å².